The van der Waals surface area contributed by atoms with Crippen LogP contribution in [-0.4, -0.2) is 28.7 Å². The second-order valence-electron chi connectivity index (χ2n) is 5.78. The molecule has 1 fully saturated rings. The van der Waals surface area contributed by atoms with Crippen LogP contribution in [-0.2, 0) is 0 Å². The molecular weight excluding hydrogens is 272 g/mol. The van der Waals surface area contributed by atoms with Crippen LogP contribution in [0.15, 0.2) is 18.3 Å². The van der Waals surface area contributed by atoms with E-state index in [1.54, 1.807) is 26.0 Å². The Morgan fingerprint density at radius 2 is 1.86 bits per heavy atom. The summed E-state index contributed by atoms with van der Waals surface area (Å²) < 4.78 is 11.2. The van der Waals surface area contributed by atoms with Gasteiger partial charge in [0, 0.05) is 26.9 Å². The van der Waals surface area contributed by atoms with Gasteiger partial charge in [-0.3, -0.25) is 10.1 Å². The second kappa shape index (κ2) is 4.95. The van der Waals surface area contributed by atoms with Crippen molar-refractivity contribution in [2.45, 2.75) is 32.5 Å². The third-order valence-electron chi connectivity index (χ3n) is 3.61. The van der Waals surface area contributed by atoms with Crippen LogP contribution < -0.4 is 9.47 Å². The Morgan fingerprint density at radius 3 is 2.48 bits per heavy atom. The third-order valence-corrected chi connectivity index (χ3v) is 3.61. The van der Waals surface area contributed by atoms with Gasteiger partial charge in [0.25, 0.3) is 5.69 Å². The molecule has 2 aliphatic rings. The smallest absolute Gasteiger partial charge is 0.280 e. The number of ether oxygens (including phenoxy) is 2. The van der Waals surface area contributed by atoms with E-state index in [4.69, 9.17) is 9.47 Å². The zero-order valence-electron chi connectivity index (χ0n) is 12.2. The molecule has 0 N–H and O–H groups in total. The van der Waals surface area contributed by atoms with Crippen molar-refractivity contribution >= 4 is 11.8 Å². The lowest BCUT2D eigenvalue weighted by Crippen LogP contribution is -2.29. The quantitative estimate of drug-likeness (QED) is 0.632. The van der Waals surface area contributed by atoms with Gasteiger partial charge in [-0.1, -0.05) is 0 Å². The van der Waals surface area contributed by atoms with Crippen molar-refractivity contribution in [2.24, 2.45) is 0 Å². The van der Waals surface area contributed by atoms with Crippen LogP contribution >= 0.6 is 0 Å². The molecule has 6 heteroatoms. The molecule has 0 atom stereocenters. The Morgan fingerprint density at radius 1 is 1.24 bits per heavy atom. The normalized spacial score (nSPS) is 19.4. The maximum atomic E-state index is 11.2. The van der Waals surface area contributed by atoms with Gasteiger partial charge in [0.05, 0.1) is 16.6 Å². The van der Waals surface area contributed by atoms with E-state index < -0.39 is 10.7 Å². The minimum Gasteiger partial charge on any atom is -0.449 e. The lowest BCUT2D eigenvalue weighted by Gasteiger charge is -2.16. The molecule has 1 aromatic rings. The van der Waals surface area contributed by atoms with Gasteiger partial charge in [-0.05, 0) is 31.2 Å². The molecule has 6 nitrogen and oxygen atoms in total. The van der Waals surface area contributed by atoms with Crippen LogP contribution in [0.4, 0.5) is 5.69 Å². The number of rotatable bonds is 3. The molecule has 0 aliphatic carbocycles. The van der Waals surface area contributed by atoms with Crippen LogP contribution in [0.2, 0.25) is 0 Å². The highest BCUT2D eigenvalue weighted by atomic mass is 16.7. The van der Waals surface area contributed by atoms with Gasteiger partial charge in [0.1, 0.15) is 0 Å². The molecular formula is C15H18N2O4. The summed E-state index contributed by atoms with van der Waals surface area (Å²) in [6.07, 6.45) is 6.03. The Kier molecular flexibility index (Phi) is 3.23. The molecule has 0 radical (unpaired) electrons. The van der Waals surface area contributed by atoms with Crippen molar-refractivity contribution < 1.29 is 14.4 Å². The monoisotopic (exact) mass is 290 g/mol. The molecule has 112 valence electrons. The van der Waals surface area contributed by atoms with Crippen molar-refractivity contribution in [3.63, 3.8) is 0 Å². The van der Waals surface area contributed by atoms with Crippen molar-refractivity contribution in [2.75, 3.05) is 13.1 Å². The van der Waals surface area contributed by atoms with Crippen LogP contribution in [0.1, 0.15) is 32.3 Å². The first-order valence-electron chi connectivity index (χ1n) is 7.07. The molecule has 0 unspecified atom stereocenters. The summed E-state index contributed by atoms with van der Waals surface area (Å²) in [5.74, 6) is 0.185. The maximum absolute atomic E-state index is 11.2. The van der Waals surface area contributed by atoms with E-state index in [2.05, 4.69) is 4.90 Å². The zero-order chi connectivity index (χ0) is 15.0. The van der Waals surface area contributed by atoms with Crippen molar-refractivity contribution in [3.8, 4) is 11.5 Å². The highest BCUT2D eigenvalue weighted by Gasteiger charge is 2.34. The fourth-order valence-corrected chi connectivity index (χ4v) is 2.64. The van der Waals surface area contributed by atoms with E-state index in [1.807, 2.05) is 6.20 Å². The van der Waals surface area contributed by atoms with Gasteiger partial charge in [0.15, 0.2) is 11.5 Å². The van der Waals surface area contributed by atoms with E-state index in [0.717, 1.165) is 13.1 Å². The average molecular weight is 290 g/mol. The van der Waals surface area contributed by atoms with E-state index >= 15 is 0 Å². The summed E-state index contributed by atoms with van der Waals surface area (Å²) >= 11 is 0. The molecule has 2 heterocycles. The topological polar surface area (TPSA) is 64.8 Å². The van der Waals surface area contributed by atoms with Crippen LogP contribution in [0.25, 0.3) is 6.08 Å². The first-order valence-corrected chi connectivity index (χ1v) is 7.07. The Balaban J connectivity index is 1.94. The van der Waals surface area contributed by atoms with Crippen molar-refractivity contribution in [3.05, 3.63) is 34.0 Å². The fourth-order valence-electron chi connectivity index (χ4n) is 2.64. The third kappa shape index (κ3) is 2.79. The molecule has 0 aromatic heterocycles. The number of nitro groups is 1. The van der Waals surface area contributed by atoms with E-state index in [0.29, 0.717) is 17.1 Å². The number of benzene rings is 1. The molecule has 2 aliphatic heterocycles. The average Bonchev–Trinajstić information content (AvgIpc) is 2.99. The first kappa shape index (κ1) is 13.7. The predicted octanol–water partition coefficient (Wildman–Crippen LogP) is 3.17. The second-order valence-corrected chi connectivity index (χ2v) is 5.78. The van der Waals surface area contributed by atoms with E-state index in [-0.39, 0.29) is 5.69 Å². The fraction of sp³-hybridized carbons (Fsp3) is 0.467. The Bertz CT molecular complexity index is 604. The standard InChI is InChI=1S/C15H18N2O4/c1-15(2)20-13-9-11(5-8-16-6-3-4-7-16)12(17(18)19)10-14(13)21-15/h5,8-10H,3-4,6-7H2,1-2H3. The zero-order valence-corrected chi connectivity index (χ0v) is 12.2. The summed E-state index contributed by atoms with van der Waals surface area (Å²) in [7, 11) is 0. The molecule has 0 spiro atoms. The lowest BCUT2D eigenvalue weighted by atomic mass is 10.1. The molecule has 1 aromatic carbocycles. The number of nitrogens with zero attached hydrogens (tertiary/aromatic N) is 2. The minimum atomic E-state index is -0.784. The van der Waals surface area contributed by atoms with Gasteiger partial charge >= 0.3 is 0 Å². The molecule has 21 heavy (non-hydrogen) atoms. The Labute approximate surface area is 123 Å². The molecule has 1 saturated heterocycles. The SMILES string of the molecule is CC1(C)Oc2cc(C=CN3CCCC3)c([N+](=O)[O-])cc2O1. The van der Waals surface area contributed by atoms with Crippen LogP contribution in [0.3, 0.4) is 0 Å². The van der Waals surface area contributed by atoms with Crippen molar-refractivity contribution in [1.82, 2.24) is 4.90 Å². The minimum absolute atomic E-state index is 0.0329. The number of hydrogen-bond donors (Lipinski definition) is 0. The number of fused-ring (bicyclic) bond motifs is 1. The highest BCUT2D eigenvalue weighted by Crippen LogP contribution is 2.43. The van der Waals surface area contributed by atoms with E-state index in [1.165, 1.54) is 18.9 Å². The van der Waals surface area contributed by atoms with Crippen LogP contribution in [0, 0.1) is 10.1 Å². The summed E-state index contributed by atoms with van der Waals surface area (Å²) in [5, 5.41) is 11.2. The van der Waals surface area contributed by atoms with Gasteiger partial charge in [-0.15, -0.1) is 0 Å². The molecule has 0 bridgehead atoms. The number of hydrogen-bond acceptors (Lipinski definition) is 5. The Hall–Kier alpha value is -2.24. The van der Waals surface area contributed by atoms with E-state index in [9.17, 15) is 10.1 Å². The largest absolute Gasteiger partial charge is 0.449 e. The first-order chi connectivity index (χ1) is 9.94. The predicted molar refractivity (Wildman–Crippen MR) is 78.3 cm³/mol. The van der Waals surface area contributed by atoms with Crippen LogP contribution in [0.5, 0.6) is 11.5 Å². The van der Waals surface area contributed by atoms with Gasteiger partial charge in [0.2, 0.25) is 5.79 Å². The molecule has 0 saturated carbocycles. The summed E-state index contributed by atoms with van der Waals surface area (Å²) in [4.78, 5) is 13.0. The van der Waals surface area contributed by atoms with Gasteiger partial charge in [-0.25, -0.2) is 0 Å². The molecule has 3 rings (SSSR count). The highest BCUT2D eigenvalue weighted by molar-refractivity contribution is 5.67. The number of likely N-dealkylation sites (tertiary alicyclic amines) is 1. The van der Waals surface area contributed by atoms with Gasteiger partial charge < -0.3 is 14.4 Å². The summed E-state index contributed by atoms with van der Waals surface area (Å²) in [6.45, 7) is 5.56. The summed E-state index contributed by atoms with van der Waals surface area (Å²) in [5.41, 5.74) is 0.567. The molecule has 0 amide bonds. The summed E-state index contributed by atoms with van der Waals surface area (Å²) in [6, 6.07) is 3.11. The van der Waals surface area contributed by atoms with Crippen molar-refractivity contribution in [1.29, 1.82) is 0 Å². The number of nitro benzene ring substituents is 1. The van der Waals surface area contributed by atoms with Gasteiger partial charge in [-0.2, -0.15) is 0 Å². The maximum Gasteiger partial charge on any atom is 0.280 e. The lowest BCUT2D eigenvalue weighted by molar-refractivity contribution is -0.385.